The predicted octanol–water partition coefficient (Wildman–Crippen LogP) is 3.53. The Morgan fingerprint density at radius 1 is 1.23 bits per heavy atom. The molecule has 0 bridgehead atoms. The predicted molar refractivity (Wildman–Crippen MR) is 114 cm³/mol. The average Bonchev–Trinajstić information content (AvgIpc) is 2.72. The van der Waals surface area contributed by atoms with Crippen molar-refractivity contribution in [1.82, 2.24) is 9.99 Å². The number of aryl methyl sites for hydroxylation is 1. The summed E-state index contributed by atoms with van der Waals surface area (Å²) >= 11 is 5.76. The van der Waals surface area contributed by atoms with Crippen molar-refractivity contribution in [3.8, 4) is 0 Å². The molecular formula is C21H17ClN4O4. The van der Waals surface area contributed by atoms with Crippen LogP contribution in [0.3, 0.4) is 0 Å². The number of nitrogens with one attached hydrogen (secondary N) is 1. The number of halogens is 1. The molecule has 0 atom stereocenters. The van der Waals surface area contributed by atoms with Gasteiger partial charge in [-0.1, -0.05) is 47.5 Å². The van der Waals surface area contributed by atoms with Crippen LogP contribution in [-0.4, -0.2) is 21.6 Å². The van der Waals surface area contributed by atoms with Gasteiger partial charge in [0.05, 0.1) is 17.7 Å². The van der Waals surface area contributed by atoms with E-state index in [1.165, 1.54) is 35.0 Å². The summed E-state index contributed by atoms with van der Waals surface area (Å²) in [5.41, 5.74) is 3.90. The molecular weight excluding hydrogens is 408 g/mol. The zero-order chi connectivity index (χ0) is 21.7. The van der Waals surface area contributed by atoms with E-state index >= 15 is 0 Å². The van der Waals surface area contributed by atoms with Crippen LogP contribution in [0.15, 0.2) is 70.7 Å². The van der Waals surface area contributed by atoms with Crippen LogP contribution in [0.1, 0.15) is 27.0 Å². The van der Waals surface area contributed by atoms with Crippen molar-refractivity contribution in [2.24, 2.45) is 5.10 Å². The molecule has 1 amide bonds. The zero-order valence-corrected chi connectivity index (χ0v) is 16.7. The maximum Gasteiger partial charge on any atom is 0.288 e. The van der Waals surface area contributed by atoms with Gasteiger partial charge in [-0.05, 0) is 30.7 Å². The number of nitro benzene ring substituents is 1. The fourth-order valence-corrected chi connectivity index (χ4v) is 2.89. The molecule has 1 heterocycles. The minimum atomic E-state index is -0.682. The number of carbonyl (C=O) groups is 1. The molecule has 0 unspecified atom stereocenters. The number of benzene rings is 2. The first-order chi connectivity index (χ1) is 14.3. The molecule has 0 fully saturated rings. The van der Waals surface area contributed by atoms with Crippen molar-refractivity contribution in [3.05, 3.63) is 109 Å². The quantitative estimate of drug-likeness (QED) is 0.371. The molecule has 3 rings (SSSR count). The summed E-state index contributed by atoms with van der Waals surface area (Å²) in [5.74, 6) is -0.682. The second-order valence-electron chi connectivity index (χ2n) is 6.51. The van der Waals surface area contributed by atoms with Crippen molar-refractivity contribution >= 4 is 29.4 Å². The number of pyridine rings is 1. The van der Waals surface area contributed by atoms with Crippen molar-refractivity contribution < 1.29 is 9.72 Å². The van der Waals surface area contributed by atoms with Crippen LogP contribution in [0.25, 0.3) is 0 Å². The number of nitro groups is 1. The Kier molecular flexibility index (Phi) is 6.38. The summed E-state index contributed by atoms with van der Waals surface area (Å²) < 4.78 is 1.44. The van der Waals surface area contributed by atoms with Gasteiger partial charge in [0, 0.05) is 17.8 Å². The van der Waals surface area contributed by atoms with Crippen molar-refractivity contribution in [3.63, 3.8) is 0 Å². The van der Waals surface area contributed by atoms with Crippen molar-refractivity contribution in [2.75, 3.05) is 0 Å². The summed E-state index contributed by atoms with van der Waals surface area (Å²) in [7, 11) is 0. The molecule has 0 aliphatic rings. The fourth-order valence-electron chi connectivity index (χ4n) is 2.70. The molecule has 30 heavy (non-hydrogen) atoms. The van der Waals surface area contributed by atoms with Gasteiger partial charge in [-0.15, -0.1) is 0 Å². The van der Waals surface area contributed by atoms with E-state index in [0.717, 1.165) is 11.1 Å². The van der Waals surface area contributed by atoms with Gasteiger partial charge >= 0.3 is 0 Å². The monoisotopic (exact) mass is 424 g/mol. The van der Waals surface area contributed by atoms with E-state index in [1.807, 2.05) is 31.2 Å². The lowest BCUT2D eigenvalue weighted by molar-refractivity contribution is -0.384. The highest BCUT2D eigenvalue weighted by molar-refractivity contribution is 6.32. The Labute approximate surface area is 176 Å². The van der Waals surface area contributed by atoms with Gasteiger partial charge in [0.15, 0.2) is 0 Å². The minimum absolute atomic E-state index is 0.000372. The van der Waals surface area contributed by atoms with Gasteiger partial charge < -0.3 is 4.57 Å². The zero-order valence-electron chi connectivity index (χ0n) is 15.9. The molecule has 0 spiro atoms. The van der Waals surface area contributed by atoms with Crippen LogP contribution in [0, 0.1) is 17.0 Å². The Hall–Kier alpha value is -3.78. The van der Waals surface area contributed by atoms with Crippen LogP contribution in [0.4, 0.5) is 5.69 Å². The second-order valence-corrected chi connectivity index (χ2v) is 6.91. The number of nitrogens with zero attached hydrogens (tertiary/aromatic N) is 3. The van der Waals surface area contributed by atoms with Crippen LogP contribution in [0.2, 0.25) is 5.02 Å². The molecule has 1 aromatic heterocycles. The van der Waals surface area contributed by atoms with Crippen LogP contribution in [0.5, 0.6) is 0 Å². The van der Waals surface area contributed by atoms with E-state index in [-0.39, 0.29) is 16.3 Å². The average molecular weight is 425 g/mol. The molecule has 2 aromatic carbocycles. The van der Waals surface area contributed by atoms with Gasteiger partial charge in [-0.2, -0.15) is 5.10 Å². The number of hydrogen-bond acceptors (Lipinski definition) is 5. The van der Waals surface area contributed by atoms with E-state index < -0.39 is 16.4 Å². The summed E-state index contributed by atoms with van der Waals surface area (Å²) in [6.45, 7) is 2.31. The fraction of sp³-hybridized carbons (Fsp3) is 0.0952. The van der Waals surface area contributed by atoms with Gasteiger partial charge in [-0.25, -0.2) is 5.43 Å². The maximum absolute atomic E-state index is 12.6. The van der Waals surface area contributed by atoms with Gasteiger partial charge in [0.25, 0.3) is 17.2 Å². The molecule has 0 aliphatic heterocycles. The smallest absolute Gasteiger partial charge is 0.288 e. The Morgan fingerprint density at radius 2 is 1.97 bits per heavy atom. The highest BCUT2D eigenvalue weighted by Gasteiger charge is 2.13. The first kappa shape index (κ1) is 20.9. The van der Waals surface area contributed by atoms with Gasteiger partial charge in [-0.3, -0.25) is 19.7 Å². The van der Waals surface area contributed by atoms with E-state index in [9.17, 15) is 19.7 Å². The third-order valence-electron chi connectivity index (χ3n) is 4.28. The molecule has 1 N–H and O–H groups in total. The Morgan fingerprint density at radius 3 is 2.67 bits per heavy atom. The van der Waals surface area contributed by atoms with E-state index in [1.54, 1.807) is 12.3 Å². The van der Waals surface area contributed by atoms with E-state index in [2.05, 4.69) is 10.5 Å². The molecule has 0 radical (unpaired) electrons. The molecule has 9 heteroatoms. The third-order valence-corrected chi connectivity index (χ3v) is 4.60. The highest BCUT2D eigenvalue weighted by Crippen LogP contribution is 2.24. The Balaban J connectivity index is 1.73. The molecule has 152 valence electrons. The third kappa shape index (κ3) is 4.98. The van der Waals surface area contributed by atoms with Crippen LogP contribution < -0.4 is 11.0 Å². The Bertz CT molecular complexity index is 1190. The van der Waals surface area contributed by atoms with E-state index in [4.69, 9.17) is 11.6 Å². The molecule has 3 aromatic rings. The SMILES string of the molecule is Cc1ccc(Cn2cccc(C(=O)N/N=C\c3ccc(Cl)c([N+](=O)[O-])c3)c2=O)cc1. The molecule has 8 nitrogen and oxygen atoms in total. The second kappa shape index (κ2) is 9.15. The summed E-state index contributed by atoms with van der Waals surface area (Å²) in [6.07, 6.45) is 2.84. The number of rotatable bonds is 6. The number of hydrazone groups is 1. The van der Waals surface area contributed by atoms with Gasteiger partial charge in [0.2, 0.25) is 0 Å². The van der Waals surface area contributed by atoms with Crippen molar-refractivity contribution in [1.29, 1.82) is 0 Å². The van der Waals surface area contributed by atoms with Crippen LogP contribution in [-0.2, 0) is 6.54 Å². The number of aromatic nitrogens is 1. The first-order valence-corrected chi connectivity index (χ1v) is 9.25. The number of carbonyl (C=O) groups excluding carboxylic acids is 1. The lowest BCUT2D eigenvalue weighted by Crippen LogP contribution is -2.30. The summed E-state index contributed by atoms with van der Waals surface area (Å²) in [4.78, 5) is 35.3. The largest absolute Gasteiger partial charge is 0.310 e. The molecule has 0 saturated carbocycles. The maximum atomic E-state index is 12.6. The van der Waals surface area contributed by atoms with E-state index in [0.29, 0.717) is 12.1 Å². The summed E-state index contributed by atoms with van der Waals surface area (Å²) in [6, 6.07) is 14.9. The standard InChI is InChI=1S/C21H17ClN4O4/c1-14-4-6-15(7-5-14)13-25-10-2-3-17(21(25)28)20(27)24-23-12-16-8-9-18(22)19(11-16)26(29)30/h2-12H,13H2,1H3,(H,24,27)/b23-12-. The highest BCUT2D eigenvalue weighted by atomic mass is 35.5. The molecule has 0 saturated heterocycles. The minimum Gasteiger partial charge on any atom is -0.310 e. The van der Waals surface area contributed by atoms with Gasteiger partial charge in [0.1, 0.15) is 10.6 Å². The first-order valence-electron chi connectivity index (χ1n) is 8.87. The van der Waals surface area contributed by atoms with Crippen LogP contribution >= 0.6 is 11.6 Å². The topological polar surface area (TPSA) is 107 Å². The lowest BCUT2D eigenvalue weighted by Gasteiger charge is -2.08. The number of amides is 1. The number of hydrogen-bond donors (Lipinski definition) is 1. The molecule has 0 aliphatic carbocycles. The normalized spacial score (nSPS) is 10.9. The van der Waals surface area contributed by atoms with Crippen molar-refractivity contribution in [2.45, 2.75) is 13.5 Å². The summed E-state index contributed by atoms with van der Waals surface area (Å²) in [5, 5.41) is 14.7. The lowest BCUT2D eigenvalue weighted by atomic mass is 10.1.